The lowest BCUT2D eigenvalue weighted by molar-refractivity contribution is 0.257. The first-order valence-electron chi connectivity index (χ1n) is 12.2. The van der Waals surface area contributed by atoms with E-state index in [9.17, 15) is 4.80 Å². The minimum absolute atomic E-state index is 0.0990. The molecular weight excluding hydrogens is 505 g/mol. The highest BCUT2D eigenvalue weighted by Crippen LogP contribution is 2.35. The van der Waals surface area contributed by atoms with Crippen molar-refractivity contribution in [3.8, 4) is 0 Å². The van der Waals surface area contributed by atoms with Crippen molar-refractivity contribution in [2.24, 2.45) is 0 Å². The summed E-state index contributed by atoms with van der Waals surface area (Å²) in [6, 6.07) is 1.16. The van der Waals surface area contributed by atoms with E-state index in [1.165, 1.54) is 12.8 Å². The van der Waals surface area contributed by atoms with E-state index in [0.717, 1.165) is 6.04 Å². The topological polar surface area (TPSA) is 66.4 Å². The molecule has 0 aromatic rings. The lowest BCUT2D eigenvalue weighted by atomic mass is 10.4. The van der Waals surface area contributed by atoms with Gasteiger partial charge in [-0.2, -0.15) is 0 Å². The van der Waals surface area contributed by atoms with Crippen molar-refractivity contribution >= 4 is 51.1 Å². The maximum Gasteiger partial charge on any atom is 0.331 e. The van der Waals surface area contributed by atoms with Crippen LogP contribution >= 0.6 is 0 Å². The van der Waals surface area contributed by atoms with E-state index in [0.29, 0.717) is 0 Å². The summed E-state index contributed by atoms with van der Waals surface area (Å²) in [7, 11) is -14.7. The van der Waals surface area contributed by atoms with E-state index < -0.39 is 51.1 Å². The van der Waals surface area contributed by atoms with Crippen molar-refractivity contribution in [1.82, 2.24) is 0 Å². The van der Waals surface area contributed by atoms with Crippen LogP contribution in [0.4, 0.5) is 0 Å². The van der Waals surface area contributed by atoms with Gasteiger partial charge in [0.2, 0.25) is 0 Å². The number of hydrogen-bond acceptors (Lipinski definition) is 6. The Morgan fingerprint density at radius 2 is 0.875 bits per heavy atom. The van der Waals surface area contributed by atoms with E-state index in [2.05, 4.69) is 59.3 Å². The van der Waals surface area contributed by atoms with Gasteiger partial charge in [-0.25, -0.2) is 0 Å². The largest absolute Gasteiger partial charge is 0.436 e. The Balaban J connectivity index is 5.30. The van der Waals surface area contributed by atoms with Crippen molar-refractivity contribution in [1.29, 1.82) is 0 Å². The Hall–Kier alpha value is 1.06. The highest BCUT2D eigenvalue weighted by Gasteiger charge is 2.50. The maximum atomic E-state index is 11.3. The highest BCUT2D eigenvalue weighted by atomic mass is 28.5. The fourth-order valence-corrected chi connectivity index (χ4v) is 34.2. The van der Waals surface area contributed by atoms with Crippen LogP contribution in [0.5, 0.6) is 0 Å². The first-order chi connectivity index (χ1) is 14.0. The fourth-order valence-electron chi connectivity index (χ4n) is 4.47. The van der Waals surface area contributed by atoms with Crippen molar-refractivity contribution in [3.05, 3.63) is 0 Å². The molecule has 32 heavy (non-hydrogen) atoms. The molecule has 194 valence electrons. The second-order valence-electron chi connectivity index (χ2n) is 12.0. The molecule has 0 saturated heterocycles. The molecule has 6 nitrogen and oxygen atoms in total. The number of hydrogen-bond donors (Lipinski definition) is 1. The van der Waals surface area contributed by atoms with Crippen LogP contribution in [0.15, 0.2) is 0 Å². The summed E-state index contributed by atoms with van der Waals surface area (Å²) >= 11 is 0. The zero-order chi connectivity index (χ0) is 25.8. The van der Waals surface area contributed by atoms with Gasteiger partial charge in [-0.15, -0.1) is 0 Å². The lowest BCUT2D eigenvalue weighted by Gasteiger charge is -2.44. The molecular formula is C20H54O6Si6. The quantitative estimate of drug-likeness (QED) is 0.216. The van der Waals surface area contributed by atoms with Gasteiger partial charge in [0.15, 0.2) is 8.32 Å². The van der Waals surface area contributed by atoms with Crippen molar-refractivity contribution in [2.45, 2.75) is 130 Å². The molecule has 1 N–H and O–H groups in total. The van der Waals surface area contributed by atoms with Gasteiger partial charge < -0.3 is 25.4 Å². The van der Waals surface area contributed by atoms with Crippen LogP contribution in [0.3, 0.4) is 0 Å². The predicted molar refractivity (Wildman–Crippen MR) is 151 cm³/mol. The summed E-state index contributed by atoms with van der Waals surface area (Å²) in [5.74, 6) is 0. The van der Waals surface area contributed by atoms with Gasteiger partial charge in [-0.1, -0.05) is 47.5 Å². The molecule has 0 aliphatic carbocycles. The minimum Gasteiger partial charge on any atom is -0.436 e. The lowest BCUT2D eigenvalue weighted by Crippen LogP contribution is -2.61. The van der Waals surface area contributed by atoms with E-state index in [4.69, 9.17) is 20.6 Å². The minimum atomic E-state index is -2.90. The van der Waals surface area contributed by atoms with Crippen LogP contribution in [0.25, 0.3) is 0 Å². The molecule has 12 heteroatoms. The van der Waals surface area contributed by atoms with Gasteiger partial charge in [0.25, 0.3) is 0 Å². The van der Waals surface area contributed by atoms with Crippen molar-refractivity contribution in [2.75, 3.05) is 0 Å². The number of unbranched alkanes of at least 4 members (excludes halogenated alkanes) is 1. The molecule has 0 unspecified atom stereocenters. The molecule has 0 atom stereocenters. The summed E-state index contributed by atoms with van der Waals surface area (Å²) in [5, 5.41) is 0. The van der Waals surface area contributed by atoms with Crippen molar-refractivity contribution in [3.63, 3.8) is 0 Å². The van der Waals surface area contributed by atoms with Gasteiger partial charge >= 0.3 is 42.8 Å². The Morgan fingerprint density at radius 3 is 1.19 bits per heavy atom. The van der Waals surface area contributed by atoms with Crippen LogP contribution in [-0.2, 0) is 20.6 Å². The molecule has 0 aromatic carbocycles. The Morgan fingerprint density at radius 1 is 0.562 bits per heavy atom. The van der Waals surface area contributed by atoms with Crippen LogP contribution in [0.1, 0.15) is 47.5 Å². The first kappa shape index (κ1) is 33.1. The highest BCUT2D eigenvalue weighted by molar-refractivity contribution is 6.91. The second kappa shape index (κ2) is 11.9. The van der Waals surface area contributed by atoms with Crippen LogP contribution < -0.4 is 0 Å². The predicted octanol–water partition coefficient (Wildman–Crippen LogP) is 7.14. The Labute approximate surface area is 206 Å². The van der Waals surface area contributed by atoms with Gasteiger partial charge in [0.1, 0.15) is 0 Å². The third kappa shape index (κ3) is 12.2. The molecule has 0 radical (unpaired) electrons. The summed E-state index contributed by atoms with van der Waals surface area (Å²) in [4.78, 5) is 11.3. The molecule has 0 amide bonds. The molecule has 0 aliphatic rings. The van der Waals surface area contributed by atoms with Crippen LogP contribution in [0, 0.1) is 0 Å². The van der Waals surface area contributed by atoms with Crippen LogP contribution in [0.2, 0.25) is 82.6 Å². The molecule has 0 aromatic heterocycles. The third-order valence-corrected chi connectivity index (χ3v) is 29.3. The van der Waals surface area contributed by atoms with Crippen LogP contribution in [-0.4, -0.2) is 55.9 Å². The zero-order valence-corrected chi connectivity index (χ0v) is 29.8. The maximum absolute atomic E-state index is 11.3. The standard InChI is InChI=1S/C20H54O6Si6/c1-16-17-18-27(6,7)22-28(8,9)23-29(10,11)24-30(12,13)25-31(14,15)26-32(21,19(2)3)20(4)5/h19-21H,16-18H2,1-15H3. The molecule has 0 fully saturated rings. The second-order valence-corrected chi connectivity index (χ2v) is 35.1. The first-order valence-corrected chi connectivity index (χ1v) is 28.6. The van der Waals surface area contributed by atoms with E-state index in [1.807, 2.05) is 40.8 Å². The third-order valence-electron chi connectivity index (χ3n) is 5.19. The van der Waals surface area contributed by atoms with Gasteiger partial charge in [-0.05, 0) is 82.6 Å². The van der Waals surface area contributed by atoms with E-state index in [-0.39, 0.29) is 11.1 Å². The fraction of sp³-hybridized carbons (Fsp3) is 1.00. The Bertz CT molecular complexity index is 573. The Kier molecular flexibility index (Phi) is 12.3. The average Bonchev–Trinajstić information content (AvgIpc) is 2.46. The molecule has 0 heterocycles. The van der Waals surface area contributed by atoms with Gasteiger partial charge in [0, 0.05) is 0 Å². The zero-order valence-electron chi connectivity index (χ0n) is 23.8. The summed E-state index contributed by atoms with van der Waals surface area (Å²) in [6.07, 6.45) is 2.40. The average molecular weight is 559 g/mol. The monoisotopic (exact) mass is 558 g/mol. The van der Waals surface area contributed by atoms with Gasteiger partial charge in [-0.3, -0.25) is 0 Å². The SMILES string of the molecule is CCCC[Si](C)(C)O[Si](C)(C)O[Si](C)(C)O[Si](C)(C)O[Si](C)(C)O[Si](O)(C(C)C)C(C)C. The number of rotatable bonds is 15. The molecule has 0 bridgehead atoms. The summed E-state index contributed by atoms with van der Waals surface area (Å²) in [5.41, 5.74) is 0.198. The summed E-state index contributed by atoms with van der Waals surface area (Å²) < 4.78 is 32.9. The molecule has 0 saturated carbocycles. The molecule has 0 rings (SSSR count). The van der Waals surface area contributed by atoms with Gasteiger partial charge in [0.05, 0.1) is 0 Å². The van der Waals surface area contributed by atoms with Crippen molar-refractivity contribution < 1.29 is 25.4 Å². The summed E-state index contributed by atoms with van der Waals surface area (Å²) in [6.45, 7) is 31.6. The smallest absolute Gasteiger partial charge is 0.331 e. The molecule has 0 spiro atoms. The normalized spacial score (nSPS) is 15.2. The van der Waals surface area contributed by atoms with E-state index >= 15 is 0 Å². The van der Waals surface area contributed by atoms with E-state index in [1.54, 1.807) is 0 Å². The molecule has 0 aliphatic heterocycles.